The van der Waals surface area contributed by atoms with Gasteiger partial charge < -0.3 is 15.8 Å². The lowest BCUT2D eigenvalue weighted by Gasteiger charge is -2.09. The molecular formula is C15H18N2O2S. The van der Waals surface area contributed by atoms with Gasteiger partial charge in [0, 0.05) is 4.88 Å². The Kier molecular flexibility index (Phi) is 4.63. The van der Waals surface area contributed by atoms with Crippen molar-refractivity contribution in [1.82, 2.24) is 0 Å². The molecule has 0 radical (unpaired) electrons. The molecule has 0 aliphatic heterocycles. The van der Waals surface area contributed by atoms with E-state index in [4.69, 9.17) is 10.5 Å². The summed E-state index contributed by atoms with van der Waals surface area (Å²) in [6, 6.07) is 9.36. The maximum Gasteiger partial charge on any atom is 0.341 e. The van der Waals surface area contributed by atoms with Gasteiger partial charge in [-0.3, -0.25) is 0 Å². The number of nitrogen functional groups attached to an aromatic ring is 1. The van der Waals surface area contributed by atoms with E-state index in [-0.39, 0.29) is 5.97 Å². The van der Waals surface area contributed by atoms with E-state index < -0.39 is 0 Å². The number of esters is 1. The van der Waals surface area contributed by atoms with Crippen LogP contribution in [0.2, 0.25) is 0 Å². The lowest BCUT2D eigenvalue weighted by Crippen LogP contribution is -2.06. The molecule has 0 spiro atoms. The first-order valence-corrected chi connectivity index (χ1v) is 7.38. The van der Waals surface area contributed by atoms with Crippen LogP contribution in [0.3, 0.4) is 0 Å². The molecule has 20 heavy (non-hydrogen) atoms. The van der Waals surface area contributed by atoms with Crippen LogP contribution in [-0.4, -0.2) is 12.6 Å². The number of carbonyl (C=O) groups is 1. The second-order valence-electron chi connectivity index (χ2n) is 4.24. The topological polar surface area (TPSA) is 64.3 Å². The largest absolute Gasteiger partial charge is 0.462 e. The number of benzene rings is 1. The number of aryl methyl sites for hydroxylation is 1. The van der Waals surface area contributed by atoms with Crippen LogP contribution in [0, 0.1) is 0 Å². The second kappa shape index (κ2) is 6.43. The van der Waals surface area contributed by atoms with Gasteiger partial charge in [-0.15, -0.1) is 11.3 Å². The molecule has 2 aromatic rings. The van der Waals surface area contributed by atoms with E-state index in [1.54, 1.807) is 18.3 Å². The minimum Gasteiger partial charge on any atom is -0.462 e. The van der Waals surface area contributed by atoms with Gasteiger partial charge in [-0.1, -0.05) is 19.1 Å². The number of thiophene rings is 1. The smallest absolute Gasteiger partial charge is 0.341 e. The zero-order valence-electron chi connectivity index (χ0n) is 11.6. The molecule has 4 nitrogen and oxygen atoms in total. The Hall–Kier alpha value is -2.01. The molecule has 1 aromatic heterocycles. The molecule has 3 N–H and O–H groups in total. The zero-order valence-corrected chi connectivity index (χ0v) is 12.4. The van der Waals surface area contributed by atoms with Crippen LogP contribution >= 0.6 is 11.3 Å². The monoisotopic (exact) mass is 290 g/mol. The Bertz CT molecular complexity index is 608. The first-order chi connectivity index (χ1) is 9.65. The van der Waals surface area contributed by atoms with E-state index in [9.17, 15) is 4.79 Å². The number of hydrogen-bond acceptors (Lipinski definition) is 5. The van der Waals surface area contributed by atoms with Gasteiger partial charge in [-0.2, -0.15) is 0 Å². The van der Waals surface area contributed by atoms with Crippen molar-refractivity contribution in [2.75, 3.05) is 17.7 Å². The van der Waals surface area contributed by atoms with Crippen molar-refractivity contribution in [1.29, 1.82) is 0 Å². The molecule has 0 fully saturated rings. The number of anilines is 3. The summed E-state index contributed by atoms with van der Waals surface area (Å²) in [5.74, 6) is -0.305. The Morgan fingerprint density at radius 3 is 2.75 bits per heavy atom. The SMILES string of the molecule is CCOC(=O)c1cc(CC)sc1Nc1ccccc1N. The third-order valence-corrected chi connectivity index (χ3v) is 4.03. The van der Waals surface area contributed by atoms with Crippen molar-refractivity contribution in [3.8, 4) is 0 Å². The minimum absolute atomic E-state index is 0.305. The Labute approximate surface area is 122 Å². The molecule has 0 aliphatic rings. The van der Waals surface area contributed by atoms with Gasteiger partial charge in [0.2, 0.25) is 0 Å². The Morgan fingerprint density at radius 1 is 1.35 bits per heavy atom. The molecule has 0 bridgehead atoms. The highest BCUT2D eigenvalue weighted by atomic mass is 32.1. The number of para-hydroxylation sites is 2. The van der Waals surface area contributed by atoms with E-state index in [0.29, 0.717) is 17.9 Å². The van der Waals surface area contributed by atoms with E-state index >= 15 is 0 Å². The highest BCUT2D eigenvalue weighted by Gasteiger charge is 2.17. The fourth-order valence-electron chi connectivity index (χ4n) is 1.80. The molecule has 1 heterocycles. The number of nitrogens with two attached hydrogens (primary N) is 1. The maximum absolute atomic E-state index is 12.0. The highest BCUT2D eigenvalue weighted by molar-refractivity contribution is 7.16. The van der Waals surface area contributed by atoms with E-state index in [1.807, 2.05) is 30.3 Å². The molecule has 0 amide bonds. The number of ether oxygens (including phenoxy) is 1. The van der Waals surface area contributed by atoms with Gasteiger partial charge in [-0.05, 0) is 31.5 Å². The van der Waals surface area contributed by atoms with Crippen molar-refractivity contribution < 1.29 is 9.53 Å². The molecule has 0 atom stereocenters. The summed E-state index contributed by atoms with van der Waals surface area (Å²) >= 11 is 1.55. The van der Waals surface area contributed by atoms with Crippen LogP contribution in [0.15, 0.2) is 30.3 Å². The number of nitrogens with one attached hydrogen (secondary N) is 1. The van der Waals surface area contributed by atoms with Crippen LogP contribution in [0.25, 0.3) is 0 Å². The first kappa shape index (κ1) is 14.4. The van der Waals surface area contributed by atoms with Crippen molar-refractivity contribution in [2.24, 2.45) is 0 Å². The summed E-state index contributed by atoms with van der Waals surface area (Å²) in [4.78, 5) is 13.1. The molecule has 0 unspecified atom stereocenters. The lowest BCUT2D eigenvalue weighted by molar-refractivity contribution is 0.0528. The lowest BCUT2D eigenvalue weighted by atomic mass is 10.2. The molecule has 0 saturated carbocycles. The third kappa shape index (κ3) is 3.11. The summed E-state index contributed by atoms with van der Waals surface area (Å²) in [5.41, 5.74) is 7.93. The molecule has 1 aromatic carbocycles. The first-order valence-electron chi connectivity index (χ1n) is 6.57. The standard InChI is InChI=1S/C15H18N2O2S/c1-3-10-9-11(15(18)19-4-2)14(20-10)17-13-8-6-5-7-12(13)16/h5-9,17H,3-4,16H2,1-2H3. The summed E-state index contributed by atoms with van der Waals surface area (Å²) in [6.45, 7) is 4.22. The average Bonchev–Trinajstić information content (AvgIpc) is 2.85. The fourth-order valence-corrected chi connectivity index (χ4v) is 2.80. The van der Waals surface area contributed by atoms with Gasteiger partial charge in [0.25, 0.3) is 0 Å². The highest BCUT2D eigenvalue weighted by Crippen LogP contribution is 2.33. The minimum atomic E-state index is -0.305. The van der Waals surface area contributed by atoms with Gasteiger partial charge in [0.05, 0.1) is 23.5 Å². The summed E-state index contributed by atoms with van der Waals surface area (Å²) in [5, 5.41) is 4.00. The van der Waals surface area contributed by atoms with E-state index in [2.05, 4.69) is 12.2 Å². The van der Waals surface area contributed by atoms with Crippen molar-refractivity contribution in [3.05, 3.63) is 40.8 Å². The summed E-state index contributed by atoms with van der Waals surface area (Å²) in [7, 11) is 0. The van der Waals surface area contributed by atoms with E-state index in [1.165, 1.54) is 0 Å². The van der Waals surface area contributed by atoms with Crippen LogP contribution in [-0.2, 0) is 11.2 Å². The Balaban J connectivity index is 2.33. The Morgan fingerprint density at radius 2 is 2.10 bits per heavy atom. The predicted molar refractivity (Wildman–Crippen MR) is 83.8 cm³/mol. The second-order valence-corrected chi connectivity index (χ2v) is 5.38. The number of hydrogen-bond donors (Lipinski definition) is 2. The number of rotatable bonds is 5. The van der Waals surface area contributed by atoms with Gasteiger partial charge in [0.15, 0.2) is 0 Å². The maximum atomic E-state index is 12.0. The third-order valence-electron chi connectivity index (χ3n) is 2.84. The van der Waals surface area contributed by atoms with Crippen molar-refractivity contribution in [2.45, 2.75) is 20.3 Å². The normalized spacial score (nSPS) is 10.3. The average molecular weight is 290 g/mol. The van der Waals surface area contributed by atoms with Crippen molar-refractivity contribution in [3.63, 3.8) is 0 Å². The molecular weight excluding hydrogens is 272 g/mol. The number of carbonyl (C=O) groups excluding carboxylic acids is 1. The van der Waals surface area contributed by atoms with E-state index in [0.717, 1.165) is 22.0 Å². The molecule has 2 rings (SSSR count). The molecule has 0 aliphatic carbocycles. The van der Waals surface area contributed by atoms with Gasteiger partial charge in [-0.25, -0.2) is 4.79 Å². The van der Waals surface area contributed by atoms with Crippen LogP contribution in [0.1, 0.15) is 29.1 Å². The van der Waals surface area contributed by atoms with Gasteiger partial charge in [0.1, 0.15) is 5.00 Å². The van der Waals surface area contributed by atoms with Crippen LogP contribution < -0.4 is 11.1 Å². The van der Waals surface area contributed by atoms with Crippen molar-refractivity contribution >= 4 is 33.7 Å². The molecule has 5 heteroatoms. The van der Waals surface area contributed by atoms with Gasteiger partial charge >= 0.3 is 5.97 Å². The fraction of sp³-hybridized carbons (Fsp3) is 0.267. The summed E-state index contributed by atoms with van der Waals surface area (Å²) < 4.78 is 5.09. The van der Waals surface area contributed by atoms with Crippen LogP contribution in [0.5, 0.6) is 0 Å². The predicted octanol–water partition coefficient (Wildman–Crippen LogP) is 3.81. The molecule has 106 valence electrons. The summed E-state index contributed by atoms with van der Waals surface area (Å²) in [6.07, 6.45) is 0.878. The quantitative estimate of drug-likeness (QED) is 0.649. The van der Waals surface area contributed by atoms with Crippen LogP contribution in [0.4, 0.5) is 16.4 Å². The molecule has 0 saturated heterocycles. The zero-order chi connectivity index (χ0) is 14.5.